The Kier molecular flexibility index (Phi) is 57.4. The molecular weight excluding hydrogens is 913 g/mol. The Labute approximate surface area is 455 Å². The molecule has 0 aliphatic heterocycles. The first-order valence-electron chi connectivity index (χ1n) is 30.2. The van der Waals surface area contributed by atoms with E-state index in [0.717, 1.165) is 109 Å². The molecular formula is C68H110O6. The lowest BCUT2D eigenvalue weighted by atomic mass is 10.1. The second kappa shape index (κ2) is 61.1. The Bertz CT molecular complexity index is 1600. The first kappa shape index (κ1) is 69.5. The number of ether oxygens (including phenoxy) is 3. The molecule has 0 amide bonds. The van der Waals surface area contributed by atoms with E-state index in [2.05, 4.69) is 142 Å². The van der Waals surface area contributed by atoms with Crippen LogP contribution in [0.4, 0.5) is 0 Å². The van der Waals surface area contributed by atoms with Gasteiger partial charge in [0.1, 0.15) is 13.2 Å². The average molecular weight is 1020 g/mol. The number of hydrogen-bond acceptors (Lipinski definition) is 6. The highest BCUT2D eigenvalue weighted by Gasteiger charge is 2.19. The van der Waals surface area contributed by atoms with Gasteiger partial charge in [-0.25, -0.2) is 0 Å². The standard InChI is InChI=1S/C68H110O6/c1-4-7-10-13-16-19-22-25-28-30-32-33-34-35-36-38-40-43-46-49-52-55-58-61-67(70)73-64-65(63-72-66(69)60-57-54-51-48-45-42-39-27-24-21-18-15-12-9-6-3)74-68(71)62-59-56-53-50-47-44-41-37-31-29-26-23-20-17-14-11-8-5-2/h7,9-10,12,16,18-21,23,25,27-29,31-33,39,45,48,54,57,65H,4-6,8,11,13-15,17,22,24,26,30,34-38,40-44,46-47,49-53,55-56,58-64H2,1-3H3/b10-7-,12-9-,19-16-,21-18-,23-20-,28-25-,31-29-,33-32-,39-27-,48-45-,57-54-. The zero-order valence-electron chi connectivity index (χ0n) is 47.8. The highest BCUT2D eigenvalue weighted by molar-refractivity contribution is 5.72. The predicted octanol–water partition coefficient (Wildman–Crippen LogP) is 20.6. The molecule has 0 heterocycles. The topological polar surface area (TPSA) is 78.9 Å². The molecule has 0 rings (SSSR count). The van der Waals surface area contributed by atoms with Crippen LogP contribution in [0.5, 0.6) is 0 Å². The van der Waals surface area contributed by atoms with Crippen LogP contribution in [-0.2, 0) is 28.6 Å². The second-order valence-corrected chi connectivity index (χ2v) is 19.5. The lowest BCUT2D eigenvalue weighted by Gasteiger charge is -2.18. The van der Waals surface area contributed by atoms with Crippen LogP contribution in [0, 0.1) is 0 Å². The molecule has 0 spiro atoms. The highest BCUT2D eigenvalue weighted by atomic mass is 16.6. The number of allylic oxidation sites excluding steroid dienone is 21. The third kappa shape index (κ3) is 58.4. The van der Waals surface area contributed by atoms with E-state index in [1.54, 1.807) is 6.08 Å². The van der Waals surface area contributed by atoms with Crippen LogP contribution in [0.3, 0.4) is 0 Å². The molecule has 0 saturated heterocycles. The number of esters is 3. The summed E-state index contributed by atoms with van der Waals surface area (Å²) in [5, 5.41) is 0. The Morgan fingerprint density at radius 3 is 0.946 bits per heavy atom. The highest BCUT2D eigenvalue weighted by Crippen LogP contribution is 2.15. The minimum absolute atomic E-state index is 0.117. The number of carbonyl (C=O) groups excluding carboxylic acids is 3. The lowest BCUT2D eigenvalue weighted by molar-refractivity contribution is -0.166. The van der Waals surface area contributed by atoms with Crippen molar-refractivity contribution in [2.45, 2.75) is 264 Å². The molecule has 0 aliphatic carbocycles. The summed E-state index contributed by atoms with van der Waals surface area (Å²) in [4.78, 5) is 38.2. The maximum absolute atomic E-state index is 12.9. The van der Waals surface area contributed by atoms with Crippen molar-refractivity contribution in [3.05, 3.63) is 134 Å². The van der Waals surface area contributed by atoms with Gasteiger partial charge in [-0.3, -0.25) is 14.4 Å². The summed E-state index contributed by atoms with van der Waals surface area (Å²) in [7, 11) is 0. The summed E-state index contributed by atoms with van der Waals surface area (Å²) in [6.07, 6.45) is 86.1. The van der Waals surface area contributed by atoms with Crippen LogP contribution in [0.25, 0.3) is 0 Å². The summed E-state index contributed by atoms with van der Waals surface area (Å²) in [6, 6.07) is 0. The van der Waals surface area contributed by atoms with Gasteiger partial charge >= 0.3 is 17.9 Å². The number of unbranched alkanes of at least 4 members (excludes halogenated alkanes) is 21. The molecule has 6 nitrogen and oxygen atoms in total. The molecule has 0 radical (unpaired) electrons. The molecule has 0 bridgehead atoms. The van der Waals surface area contributed by atoms with Gasteiger partial charge in [0.15, 0.2) is 6.10 Å². The molecule has 0 N–H and O–H groups in total. The van der Waals surface area contributed by atoms with Crippen LogP contribution in [0.1, 0.15) is 258 Å². The van der Waals surface area contributed by atoms with Crippen molar-refractivity contribution in [1.29, 1.82) is 0 Å². The van der Waals surface area contributed by atoms with Crippen molar-refractivity contribution in [2.24, 2.45) is 0 Å². The third-order valence-corrected chi connectivity index (χ3v) is 12.4. The molecule has 1 atom stereocenters. The monoisotopic (exact) mass is 1020 g/mol. The summed E-state index contributed by atoms with van der Waals surface area (Å²) < 4.78 is 16.8. The van der Waals surface area contributed by atoms with Crippen molar-refractivity contribution in [2.75, 3.05) is 13.2 Å². The smallest absolute Gasteiger partial charge is 0.309 e. The number of carbonyl (C=O) groups is 3. The van der Waals surface area contributed by atoms with Crippen molar-refractivity contribution < 1.29 is 28.6 Å². The SMILES string of the molecule is CC/C=C\C/C=C\C/C=C\C/C=C\C/C=C\CC(=O)OCC(COC(=O)CCCCCCCCCCCC/C=C\C/C=C\C/C=C\C/C=C\CC)OC(=O)CCCCCCCCC/C=C\C/C=C\CCCCCC. The summed E-state index contributed by atoms with van der Waals surface area (Å²) >= 11 is 0. The second-order valence-electron chi connectivity index (χ2n) is 19.5. The molecule has 1 unspecified atom stereocenters. The van der Waals surface area contributed by atoms with Gasteiger partial charge in [0.05, 0.1) is 6.42 Å². The zero-order chi connectivity index (χ0) is 53.6. The molecule has 6 heteroatoms. The van der Waals surface area contributed by atoms with E-state index >= 15 is 0 Å². The molecule has 0 aliphatic rings. The summed E-state index contributed by atoms with van der Waals surface area (Å²) in [5.74, 6) is -1.06. The minimum atomic E-state index is -0.830. The van der Waals surface area contributed by atoms with Crippen molar-refractivity contribution in [1.82, 2.24) is 0 Å². The summed E-state index contributed by atoms with van der Waals surface area (Å²) in [5.41, 5.74) is 0. The third-order valence-electron chi connectivity index (χ3n) is 12.4. The fraction of sp³-hybridized carbons (Fsp3) is 0.632. The molecule has 0 aromatic heterocycles. The number of rotatable bonds is 53. The quantitative estimate of drug-likeness (QED) is 0.0261. The van der Waals surface area contributed by atoms with Gasteiger partial charge in [0, 0.05) is 12.8 Å². The van der Waals surface area contributed by atoms with Crippen LogP contribution >= 0.6 is 0 Å². The van der Waals surface area contributed by atoms with E-state index in [4.69, 9.17) is 14.2 Å². The minimum Gasteiger partial charge on any atom is -0.462 e. The molecule has 0 saturated carbocycles. The maximum Gasteiger partial charge on any atom is 0.309 e. The Morgan fingerprint density at radius 2 is 0.581 bits per heavy atom. The van der Waals surface area contributed by atoms with E-state index in [-0.39, 0.29) is 31.6 Å². The molecule has 74 heavy (non-hydrogen) atoms. The van der Waals surface area contributed by atoms with Crippen molar-refractivity contribution >= 4 is 17.9 Å². The van der Waals surface area contributed by atoms with Crippen molar-refractivity contribution in [3.8, 4) is 0 Å². The Balaban J connectivity index is 4.47. The maximum atomic E-state index is 12.9. The van der Waals surface area contributed by atoms with Gasteiger partial charge in [-0.15, -0.1) is 0 Å². The number of hydrogen-bond donors (Lipinski definition) is 0. The van der Waals surface area contributed by atoms with Gasteiger partial charge < -0.3 is 14.2 Å². The molecule has 418 valence electrons. The first-order chi connectivity index (χ1) is 36.5. The average Bonchev–Trinajstić information content (AvgIpc) is 3.40. The normalized spacial score (nSPS) is 13.1. The van der Waals surface area contributed by atoms with Crippen LogP contribution in [-0.4, -0.2) is 37.2 Å². The zero-order valence-corrected chi connectivity index (χ0v) is 47.8. The molecule has 0 aromatic carbocycles. The predicted molar refractivity (Wildman–Crippen MR) is 320 cm³/mol. The van der Waals surface area contributed by atoms with Gasteiger partial charge in [-0.2, -0.15) is 0 Å². The van der Waals surface area contributed by atoms with Gasteiger partial charge in [-0.1, -0.05) is 257 Å². The Morgan fingerprint density at radius 1 is 0.297 bits per heavy atom. The fourth-order valence-corrected chi connectivity index (χ4v) is 7.95. The van der Waals surface area contributed by atoms with Crippen molar-refractivity contribution in [3.63, 3.8) is 0 Å². The van der Waals surface area contributed by atoms with E-state index in [9.17, 15) is 14.4 Å². The van der Waals surface area contributed by atoms with Crippen LogP contribution < -0.4 is 0 Å². The largest absolute Gasteiger partial charge is 0.462 e. The van der Waals surface area contributed by atoms with Crippen LogP contribution in [0.15, 0.2) is 134 Å². The lowest BCUT2D eigenvalue weighted by Crippen LogP contribution is -2.30. The van der Waals surface area contributed by atoms with E-state index < -0.39 is 12.1 Å². The first-order valence-corrected chi connectivity index (χ1v) is 30.2. The summed E-state index contributed by atoms with van der Waals surface area (Å²) in [6.45, 7) is 6.30. The molecule has 0 fully saturated rings. The van der Waals surface area contributed by atoms with E-state index in [0.29, 0.717) is 12.8 Å². The van der Waals surface area contributed by atoms with Gasteiger partial charge in [-0.05, 0) is 116 Å². The van der Waals surface area contributed by atoms with E-state index in [1.807, 2.05) is 6.08 Å². The van der Waals surface area contributed by atoms with Gasteiger partial charge in [0.25, 0.3) is 0 Å². The van der Waals surface area contributed by atoms with E-state index in [1.165, 1.54) is 109 Å². The van der Waals surface area contributed by atoms with Crippen LogP contribution in [0.2, 0.25) is 0 Å². The Hall–Kier alpha value is -4.45. The molecule has 0 aromatic rings. The van der Waals surface area contributed by atoms with Gasteiger partial charge in [0.2, 0.25) is 0 Å². The fourth-order valence-electron chi connectivity index (χ4n) is 7.95.